The Hall–Kier alpha value is -3.03. The molecule has 0 saturated heterocycles. The number of ether oxygens (including phenoxy) is 1. The van der Waals surface area contributed by atoms with E-state index < -0.39 is 10.0 Å². The summed E-state index contributed by atoms with van der Waals surface area (Å²) in [4.78, 5) is 12.9. The zero-order valence-corrected chi connectivity index (χ0v) is 20.9. The van der Waals surface area contributed by atoms with E-state index in [0.29, 0.717) is 23.1 Å². The minimum absolute atomic E-state index is 0.0516. The summed E-state index contributed by atoms with van der Waals surface area (Å²) >= 11 is 5.93. The van der Waals surface area contributed by atoms with E-state index in [2.05, 4.69) is 5.32 Å². The van der Waals surface area contributed by atoms with Crippen molar-refractivity contribution >= 4 is 33.2 Å². The van der Waals surface area contributed by atoms with Crippen LogP contribution in [0.4, 0.5) is 5.69 Å². The molecule has 0 unspecified atom stereocenters. The van der Waals surface area contributed by atoms with Gasteiger partial charge in [0.25, 0.3) is 10.0 Å². The van der Waals surface area contributed by atoms with Gasteiger partial charge in [0.05, 0.1) is 17.2 Å². The number of carbonyl (C=O) groups is 1. The highest BCUT2D eigenvalue weighted by atomic mass is 35.5. The molecule has 34 heavy (non-hydrogen) atoms. The van der Waals surface area contributed by atoms with Gasteiger partial charge in [-0.05, 0) is 80.8 Å². The van der Waals surface area contributed by atoms with E-state index in [-0.39, 0.29) is 23.4 Å². The van der Waals surface area contributed by atoms with Gasteiger partial charge in [0.1, 0.15) is 12.3 Å². The van der Waals surface area contributed by atoms with Crippen LogP contribution in [-0.4, -0.2) is 33.5 Å². The molecule has 0 heterocycles. The van der Waals surface area contributed by atoms with Gasteiger partial charge in [0, 0.05) is 11.1 Å². The van der Waals surface area contributed by atoms with E-state index >= 15 is 0 Å². The SMILES string of the molecule is CCOc1ccc(N(CC(=O)N[C@H](C)CCc2ccccc2)S(=O)(=O)c2ccc(Cl)cc2)cc1. The Kier molecular flexibility index (Phi) is 8.96. The highest BCUT2D eigenvalue weighted by molar-refractivity contribution is 7.92. The maximum Gasteiger partial charge on any atom is 0.264 e. The molecule has 3 rings (SSSR count). The molecule has 0 spiro atoms. The van der Waals surface area contributed by atoms with Gasteiger partial charge in [-0.25, -0.2) is 8.42 Å². The number of hydrogen-bond donors (Lipinski definition) is 1. The van der Waals surface area contributed by atoms with Gasteiger partial charge in [-0.2, -0.15) is 0 Å². The Bertz CT molecular complexity index is 1170. The fourth-order valence-electron chi connectivity index (χ4n) is 3.48. The van der Waals surface area contributed by atoms with Crippen molar-refractivity contribution < 1.29 is 17.9 Å². The molecule has 3 aromatic rings. The molecule has 1 N–H and O–H groups in total. The number of carbonyl (C=O) groups excluding carboxylic acids is 1. The van der Waals surface area contributed by atoms with Crippen LogP contribution in [0.5, 0.6) is 5.75 Å². The van der Waals surface area contributed by atoms with Crippen molar-refractivity contribution in [2.45, 2.75) is 37.6 Å². The Balaban J connectivity index is 1.77. The van der Waals surface area contributed by atoms with E-state index in [1.807, 2.05) is 44.2 Å². The smallest absolute Gasteiger partial charge is 0.264 e. The second kappa shape index (κ2) is 11.9. The zero-order chi connectivity index (χ0) is 24.6. The number of halogens is 1. The summed E-state index contributed by atoms with van der Waals surface area (Å²) in [5.41, 5.74) is 1.55. The molecule has 0 saturated carbocycles. The van der Waals surface area contributed by atoms with Crippen LogP contribution in [0.1, 0.15) is 25.8 Å². The van der Waals surface area contributed by atoms with Gasteiger partial charge in [0.15, 0.2) is 0 Å². The Morgan fingerprint density at radius 1 is 1.00 bits per heavy atom. The van der Waals surface area contributed by atoms with Crippen LogP contribution in [0.25, 0.3) is 0 Å². The predicted molar refractivity (Wildman–Crippen MR) is 136 cm³/mol. The third-order valence-electron chi connectivity index (χ3n) is 5.24. The van der Waals surface area contributed by atoms with Gasteiger partial charge in [-0.3, -0.25) is 9.10 Å². The first-order valence-corrected chi connectivity index (χ1v) is 13.0. The van der Waals surface area contributed by atoms with Crippen LogP contribution in [0, 0.1) is 0 Å². The quantitative estimate of drug-likeness (QED) is 0.398. The van der Waals surface area contributed by atoms with Gasteiger partial charge in [-0.15, -0.1) is 0 Å². The molecule has 0 fully saturated rings. The third kappa shape index (κ3) is 6.98. The Morgan fingerprint density at radius 2 is 1.65 bits per heavy atom. The largest absolute Gasteiger partial charge is 0.494 e. The number of sulfonamides is 1. The monoisotopic (exact) mass is 500 g/mol. The normalized spacial score (nSPS) is 12.1. The first kappa shape index (κ1) is 25.6. The van der Waals surface area contributed by atoms with E-state index in [9.17, 15) is 13.2 Å². The minimum Gasteiger partial charge on any atom is -0.494 e. The molecule has 0 radical (unpaired) electrons. The van der Waals surface area contributed by atoms with Crippen LogP contribution >= 0.6 is 11.6 Å². The number of benzene rings is 3. The van der Waals surface area contributed by atoms with E-state index in [1.54, 1.807) is 24.3 Å². The van der Waals surface area contributed by atoms with Crippen molar-refractivity contribution in [3.05, 3.63) is 89.4 Å². The fraction of sp³-hybridized carbons (Fsp3) is 0.269. The molecule has 0 aliphatic carbocycles. The molecule has 8 heteroatoms. The Morgan fingerprint density at radius 3 is 2.26 bits per heavy atom. The van der Waals surface area contributed by atoms with Crippen LogP contribution in [0.15, 0.2) is 83.8 Å². The summed E-state index contributed by atoms with van der Waals surface area (Å²) in [6.45, 7) is 3.92. The van der Waals surface area contributed by atoms with Crippen LogP contribution in [0.3, 0.4) is 0 Å². The number of nitrogens with zero attached hydrogens (tertiary/aromatic N) is 1. The molecule has 180 valence electrons. The lowest BCUT2D eigenvalue weighted by Crippen LogP contribution is -2.43. The number of hydrogen-bond acceptors (Lipinski definition) is 4. The summed E-state index contributed by atoms with van der Waals surface area (Å²) in [5, 5.41) is 3.35. The van der Waals surface area contributed by atoms with Gasteiger partial charge >= 0.3 is 0 Å². The minimum atomic E-state index is -4.01. The van der Waals surface area contributed by atoms with Crippen LogP contribution < -0.4 is 14.4 Å². The molecule has 6 nitrogen and oxygen atoms in total. The Labute approximate surface area is 206 Å². The molecule has 3 aromatic carbocycles. The van der Waals surface area contributed by atoms with Gasteiger partial charge in [0.2, 0.25) is 5.91 Å². The lowest BCUT2D eigenvalue weighted by Gasteiger charge is -2.25. The van der Waals surface area contributed by atoms with Crippen LogP contribution in [-0.2, 0) is 21.2 Å². The fourth-order valence-corrected chi connectivity index (χ4v) is 5.02. The molecule has 0 aromatic heterocycles. The van der Waals surface area contributed by atoms with Crippen molar-refractivity contribution in [1.29, 1.82) is 0 Å². The van der Waals surface area contributed by atoms with E-state index in [0.717, 1.165) is 17.1 Å². The number of rotatable bonds is 11. The predicted octanol–water partition coefficient (Wildman–Crippen LogP) is 5.07. The topological polar surface area (TPSA) is 75.7 Å². The number of nitrogens with one attached hydrogen (secondary N) is 1. The molecule has 0 bridgehead atoms. The average Bonchev–Trinajstić information content (AvgIpc) is 2.83. The van der Waals surface area contributed by atoms with E-state index in [4.69, 9.17) is 16.3 Å². The highest BCUT2D eigenvalue weighted by Gasteiger charge is 2.27. The molecule has 1 amide bonds. The summed E-state index contributed by atoms with van der Waals surface area (Å²) < 4.78 is 33.5. The maximum absolute atomic E-state index is 13.5. The van der Waals surface area contributed by atoms with Crippen molar-refractivity contribution in [3.63, 3.8) is 0 Å². The van der Waals surface area contributed by atoms with Gasteiger partial charge < -0.3 is 10.1 Å². The summed E-state index contributed by atoms with van der Waals surface area (Å²) in [7, 11) is -4.01. The lowest BCUT2D eigenvalue weighted by atomic mass is 10.1. The van der Waals surface area contributed by atoms with Crippen molar-refractivity contribution in [2.75, 3.05) is 17.5 Å². The van der Waals surface area contributed by atoms with Crippen LogP contribution in [0.2, 0.25) is 5.02 Å². The summed E-state index contributed by atoms with van der Waals surface area (Å²) in [6, 6.07) is 22.4. The van der Waals surface area contributed by atoms with Crippen molar-refractivity contribution in [1.82, 2.24) is 5.32 Å². The first-order valence-electron chi connectivity index (χ1n) is 11.1. The molecule has 0 aliphatic rings. The molecular weight excluding hydrogens is 472 g/mol. The second-order valence-corrected chi connectivity index (χ2v) is 10.2. The third-order valence-corrected chi connectivity index (χ3v) is 7.28. The molecule has 1 atom stereocenters. The number of amides is 1. The standard InChI is InChI=1S/C26H29ClN2O4S/c1-3-33-24-15-13-23(14-16-24)29(34(31,32)25-17-11-22(27)12-18-25)19-26(30)28-20(2)9-10-21-7-5-4-6-8-21/h4-8,11-18,20H,3,9-10,19H2,1-2H3,(H,28,30)/t20-/m1/s1. The second-order valence-electron chi connectivity index (χ2n) is 7.89. The lowest BCUT2D eigenvalue weighted by molar-refractivity contribution is -0.120. The van der Waals surface area contributed by atoms with Gasteiger partial charge in [-0.1, -0.05) is 41.9 Å². The van der Waals surface area contributed by atoms with Crippen molar-refractivity contribution in [2.24, 2.45) is 0 Å². The summed E-state index contributed by atoms with van der Waals surface area (Å²) in [6.07, 6.45) is 1.55. The average molecular weight is 501 g/mol. The van der Waals surface area contributed by atoms with E-state index in [1.165, 1.54) is 29.8 Å². The zero-order valence-electron chi connectivity index (χ0n) is 19.3. The highest BCUT2D eigenvalue weighted by Crippen LogP contribution is 2.26. The number of anilines is 1. The van der Waals surface area contributed by atoms with Crippen molar-refractivity contribution in [3.8, 4) is 5.75 Å². The molecular formula is C26H29ClN2O4S. The number of aryl methyl sites for hydroxylation is 1. The maximum atomic E-state index is 13.5. The molecule has 0 aliphatic heterocycles. The first-order chi connectivity index (χ1) is 16.3. The summed E-state index contributed by atoms with van der Waals surface area (Å²) in [5.74, 6) is 0.237.